The number of nitrogens with zero attached hydrogens (tertiary/aromatic N) is 1. The van der Waals surface area contributed by atoms with Crippen molar-refractivity contribution in [1.82, 2.24) is 4.98 Å². The Morgan fingerprint density at radius 2 is 1.85 bits per heavy atom. The number of pyridine rings is 1. The van der Waals surface area contributed by atoms with Crippen LogP contribution in [0.2, 0.25) is 0 Å². The van der Waals surface area contributed by atoms with Crippen LogP contribution in [0.15, 0.2) is 24.5 Å². The van der Waals surface area contributed by atoms with Gasteiger partial charge in [-0.25, -0.2) is 0 Å². The highest BCUT2D eigenvalue weighted by molar-refractivity contribution is 8.00. The van der Waals surface area contributed by atoms with Crippen molar-refractivity contribution in [3.63, 3.8) is 0 Å². The summed E-state index contributed by atoms with van der Waals surface area (Å²) in [6.07, 6.45) is 4.86. The molecule has 0 bridgehead atoms. The smallest absolute Gasteiger partial charge is 0.0270 e. The Morgan fingerprint density at radius 1 is 1.23 bits per heavy atom. The van der Waals surface area contributed by atoms with Crippen LogP contribution in [-0.4, -0.2) is 15.5 Å². The lowest BCUT2D eigenvalue weighted by Crippen LogP contribution is -2.09. The molecule has 72 valence electrons. The predicted molar refractivity (Wildman–Crippen MR) is 60.2 cm³/mol. The molecule has 0 aliphatic heterocycles. The highest BCUT2D eigenvalue weighted by Gasteiger charge is 2.09. The van der Waals surface area contributed by atoms with Gasteiger partial charge in [0.2, 0.25) is 0 Å². The molecule has 0 spiro atoms. The minimum absolute atomic E-state index is 0.382. The van der Waals surface area contributed by atoms with Gasteiger partial charge < -0.3 is 0 Å². The fraction of sp³-hybridized carbons (Fsp3) is 0.545. The van der Waals surface area contributed by atoms with Crippen LogP contribution in [0, 0.1) is 0 Å². The minimum atomic E-state index is 0.382. The number of hydrogen-bond donors (Lipinski definition) is 0. The van der Waals surface area contributed by atoms with Gasteiger partial charge in [-0.15, -0.1) is 0 Å². The summed E-state index contributed by atoms with van der Waals surface area (Å²) in [5.41, 5.74) is 1.38. The van der Waals surface area contributed by atoms with E-state index in [2.05, 4.69) is 37.9 Å². The first-order valence-electron chi connectivity index (χ1n) is 4.61. The zero-order valence-corrected chi connectivity index (χ0v) is 9.40. The van der Waals surface area contributed by atoms with Crippen LogP contribution in [-0.2, 0) is 6.42 Å². The van der Waals surface area contributed by atoms with Gasteiger partial charge in [0.15, 0.2) is 0 Å². The molecule has 0 atom stereocenters. The molecule has 0 N–H and O–H groups in total. The second kappa shape index (κ2) is 4.66. The van der Waals surface area contributed by atoms with Crippen molar-refractivity contribution in [2.24, 2.45) is 0 Å². The summed E-state index contributed by atoms with van der Waals surface area (Å²) in [7, 11) is 0. The molecule has 0 aliphatic carbocycles. The van der Waals surface area contributed by atoms with E-state index in [1.807, 2.05) is 24.2 Å². The summed E-state index contributed by atoms with van der Waals surface area (Å²) in [6.45, 7) is 6.76. The molecule has 0 unspecified atom stereocenters. The number of aromatic nitrogens is 1. The molecule has 0 saturated carbocycles. The third-order valence-electron chi connectivity index (χ3n) is 1.68. The van der Waals surface area contributed by atoms with Gasteiger partial charge in [-0.1, -0.05) is 20.8 Å². The highest BCUT2D eigenvalue weighted by Crippen LogP contribution is 2.23. The largest absolute Gasteiger partial charge is 0.265 e. The van der Waals surface area contributed by atoms with E-state index in [-0.39, 0.29) is 0 Å². The second-order valence-corrected chi connectivity index (χ2v) is 5.99. The van der Waals surface area contributed by atoms with Crippen molar-refractivity contribution >= 4 is 11.8 Å². The van der Waals surface area contributed by atoms with Crippen LogP contribution >= 0.6 is 11.8 Å². The normalized spacial score (nSPS) is 11.6. The van der Waals surface area contributed by atoms with Crippen molar-refractivity contribution in [2.45, 2.75) is 31.9 Å². The van der Waals surface area contributed by atoms with Crippen LogP contribution in [0.3, 0.4) is 0 Å². The standard InChI is InChI=1S/C11H17NS/c1-11(2,3)13-9-6-10-4-7-12-8-5-10/h4-5,7-8H,6,9H2,1-3H3. The van der Waals surface area contributed by atoms with Crippen LogP contribution in [0.4, 0.5) is 0 Å². The van der Waals surface area contributed by atoms with E-state index in [1.54, 1.807) is 0 Å². The van der Waals surface area contributed by atoms with Crippen molar-refractivity contribution in [3.05, 3.63) is 30.1 Å². The number of rotatable bonds is 3. The Bertz CT molecular complexity index is 238. The predicted octanol–water partition coefficient (Wildman–Crippen LogP) is 3.16. The molecule has 0 aliphatic rings. The van der Waals surface area contributed by atoms with Crippen molar-refractivity contribution in [2.75, 3.05) is 5.75 Å². The quantitative estimate of drug-likeness (QED) is 0.735. The summed E-state index contributed by atoms with van der Waals surface area (Å²) in [4.78, 5) is 4.00. The maximum atomic E-state index is 4.00. The first-order chi connectivity index (χ1) is 6.08. The maximum absolute atomic E-state index is 4.00. The van der Waals surface area contributed by atoms with E-state index in [0.29, 0.717) is 4.75 Å². The molecular weight excluding hydrogens is 178 g/mol. The summed E-state index contributed by atoms with van der Waals surface area (Å²) in [5.74, 6) is 1.19. The van der Waals surface area contributed by atoms with E-state index in [0.717, 1.165) is 6.42 Å². The molecule has 0 aromatic carbocycles. The Morgan fingerprint density at radius 3 is 2.38 bits per heavy atom. The Hall–Kier alpha value is -0.500. The van der Waals surface area contributed by atoms with Gasteiger partial charge in [0.1, 0.15) is 0 Å². The summed E-state index contributed by atoms with van der Waals surface area (Å²) in [5, 5.41) is 0. The molecular formula is C11H17NS. The Kier molecular flexibility index (Phi) is 3.79. The monoisotopic (exact) mass is 195 g/mol. The molecule has 1 heterocycles. The van der Waals surface area contributed by atoms with E-state index in [4.69, 9.17) is 0 Å². The average molecular weight is 195 g/mol. The Labute approximate surface area is 85.0 Å². The number of aryl methyl sites for hydroxylation is 1. The zero-order chi connectivity index (χ0) is 9.73. The van der Waals surface area contributed by atoms with Crippen LogP contribution in [0.5, 0.6) is 0 Å². The van der Waals surface area contributed by atoms with E-state index in [1.165, 1.54) is 11.3 Å². The van der Waals surface area contributed by atoms with Crippen LogP contribution in [0.1, 0.15) is 26.3 Å². The molecule has 1 nitrogen and oxygen atoms in total. The minimum Gasteiger partial charge on any atom is -0.265 e. The van der Waals surface area contributed by atoms with E-state index >= 15 is 0 Å². The summed E-state index contributed by atoms with van der Waals surface area (Å²) >= 11 is 2.01. The van der Waals surface area contributed by atoms with Crippen molar-refractivity contribution in [3.8, 4) is 0 Å². The fourth-order valence-corrected chi connectivity index (χ4v) is 1.97. The SMILES string of the molecule is CC(C)(C)SCCc1ccncc1. The first kappa shape index (κ1) is 10.6. The van der Waals surface area contributed by atoms with Gasteiger partial charge in [-0.2, -0.15) is 11.8 Å². The van der Waals surface area contributed by atoms with Gasteiger partial charge in [-0.3, -0.25) is 4.98 Å². The zero-order valence-electron chi connectivity index (χ0n) is 8.58. The maximum Gasteiger partial charge on any atom is 0.0270 e. The van der Waals surface area contributed by atoms with E-state index < -0.39 is 0 Å². The van der Waals surface area contributed by atoms with Crippen LogP contribution in [0.25, 0.3) is 0 Å². The van der Waals surface area contributed by atoms with Gasteiger partial charge in [-0.05, 0) is 29.9 Å². The molecule has 1 aromatic rings. The number of hydrogen-bond acceptors (Lipinski definition) is 2. The lowest BCUT2D eigenvalue weighted by Gasteiger charge is -2.17. The third-order valence-corrected chi connectivity index (χ3v) is 2.95. The van der Waals surface area contributed by atoms with Gasteiger partial charge in [0.05, 0.1) is 0 Å². The molecule has 0 radical (unpaired) electrons. The van der Waals surface area contributed by atoms with Gasteiger partial charge in [0.25, 0.3) is 0 Å². The summed E-state index contributed by atoms with van der Waals surface area (Å²) < 4.78 is 0.382. The lowest BCUT2D eigenvalue weighted by molar-refractivity contribution is 0.801. The van der Waals surface area contributed by atoms with Crippen LogP contribution < -0.4 is 0 Å². The van der Waals surface area contributed by atoms with Gasteiger partial charge in [0, 0.05) is 17.1 Å². The molecule has 1 rings (SSSR count). The van der Waals surface area contributed by atoms with E-state index in [9.17, 15) is 0 Å². The second-order valence-electron chi connectivity index (χ2n) is 4.07. The molecule has 0 fully saturated rings. The average Bonchev–Trinajstić information content (AvgIpc) is 2.04. The first-order valence-corrected chi connectivity index (χ1v) is 5.59. The van der Waals surface area contributed by atoms with Crippen molar-refractivity contribution < 1.29 is 0 Å². The highest BCUT2D eigenvalue weighted by atomic mass is 32.2. The molecule has 1 aromatic heterocycles. The topological polar surface area (TPSA) is 12.9 Å². The molecule has 0 amide bonds. The molecule has 13 heavy (non-hydrogen) atoms. The van der Waals surface area contributed by atoms with Gasteiger partial charge >= 0.3 is 0 Å². The third kappa shape index (κ3) is 4.94. The summed E-state index contributed by atoms with van der Waals surface area (Å²) in [6, 6.07) is 4.17. The molecule has 0 saturated heterocycles. The van der Waals surface area contributed by atoms with Crippen molar-refractivity contribution in [1.29, 1.82) is 0 Å². The lowest BCUT2D eigenvalue weighted by atomic mass is 10.2. The Balaban J connectivity index is 2.29. The number of thioether (sulfide) groups is 1. The molecule has 2 heteroatoms. The fourth-order valence-electron chi connectivity index (χ4n) is 1.02.